The van der Waals surface area contributed by atoms with Crippen LogP contribution in [-0.2, 0) is 14.1 Å². The number of thiophene rings is 2. The number of aromatic nitrogens is 4. The highest BCUT2D eigenvalue weighted by atomic mass is 32.2. The van der Waals surface area contributed by atoms with Crippen molar-refractivity contribution in [2.75, 3.05) is 11.5 Å². The molecule has 0 radical (unpaired) electrons. The Kier molecular flexibility index (Phi) is 5.35. The zero-order chi connectivity index (χ0) is 21.6. The van der Waals surface area contributed by atoms with Crippen LogP contribution in [0.15, 0.2) is 37.5 Å². The summed E-state index contributed by atoms with van der Waals surface area (Å²) >= 11 is 4.38. The van der Waals surface area contributed by atoms with E-state index >= 15 is 0 Å². The molecule has 0 aliphatic carbocycles. The molecule has 154 valence electrons. The standard InChI is InChI=1S/C19H17N5O3S3/c1-9-21-16-13(10(7-29-16)12-5-4-6-28-12)17(22-9)30-8-11(25)14-15(20)23(2)19(27)24(3)18(14)26/h4-7H,8,20H2,1-3H3. The predicted octanol–water partition coefficient (Wildman–Crippen LogP) is 2.68. The molecule has 30 heavy (non-hydrogen) atoms. The van der Waals surface area contributed by atoms with Gasteiger partial charge in [0.1, 0.15) is 27.1 Å². The molecular weight excluding hydrogens is 442 g/mol. The summed E-state index contributed by atoms with van der Waals surface area (Å²) in [6.07, 6.45) is 0. The number of anilines is 1. The molecule has 0 bridgehead atoms. The van der Waals surface area contributed by atoms with Crippen molar-refractivity contribution in [2.45, 2.75) is 11.9 Å². The Morgan fingerprint density at radius 3 is 2.67 bits per heavy atom. The molecule has 2 N–H and O–H groups in total. The van der Waals surface area contributed by atoms with Crippen LogP contribution < -0.4 is 17.0 Å². The van der Waals surface area contributed by atoms with Crippen molar-refractivity contribution in [1.82, 2.24) is 19.1 Å². The van der Waals surface area contributed by atoms with Crippen molar-refractivity contribution in [3.63, 3.8) is 0 Å². The number of rotatable bonds is 5. The highest BCUT2D eigenvalue weighted by Crippen LogP contribution is 2.40. The van der Waals surface area contributed by atoms with Crippen LogP contribution in [-0.4, -0.2) is 30.6 Å². The summed E-state index contributed by atoms with van der Waals surface area (Å²) in [6, 6.07) is 4.01. The molecule has 0 unspecified atom stereocenters. The van der Waals surface area contributed by atoms with E-state index in [4.69, 9.17) is 5.73 Å². The van der Waals surface area contributed by atoms with E-state index in [9.17, 15) is 14.4 Å². The van der Waals surface area contributed by atoms with Gasteiger partial charge in [0, 0.05) is 29.9 Å². The Hall–Kier alpha value is -2.76. The predicted molar refractivity (Wildman–Crippen MR) is 122 cm³/mol. The summed E-state index contributed by atoms with van der Waals surface area (Å²) in [7, 11) is 2.75. The maximum Gasteiger partial charge on any atom is 0.332 e. The third-order valence-electron chi connectivity index (χ3n) is 4.63. The highest BCUT2D eigenvalue weighted by molar-refractivity contribution is 8.00. The number of nitrogen functional groups attached to an aromatic ring is 1. The minimum atomic E-state index is -0.694. The third kappa shape index (κ3) is 3.38. The molecule has 8 nitrogen and oxygen atoms in total. The summed E-state index contributed by atoms with van der Waals surface area (Å²) in [5.74, 6) is -0.0174. The van der Waals surface area contributed by atoms with E-state index in [2.05, 4.69) is 9.97 Å². The van der Waals surface area contributed by atoms with Crippen LogP contribution >= 0.6 is 34.4 Å². The first-order valence-corrected chi connectivity index (χ1v) is 11.5. The second-order valence-corrected chi connectivity index (χ2v) is 9.33. The van der Waals surface area contributed by atoms with Crippen molar-refractivity contribution in [3.05, 3.63) is 55.1 Å². The fourth-order valence-corrected chi connectivity index (χ4v) is 5.89. The van der Waals surface area contributed by atoms with Gasteiger partial charge in [0.05, 0.1) is 11.1 Å². The van der Waals surface area contributed by atoms with Crippen molar-refractivity contribution < 1.29 is 4.79 Å². The Balaban J connectivity index is 1.73. The van der Waals surface area contributed by atoms with Gasteiger partial charge in [-0.25, -0.2) is 14.8 Å². The lowest BCUT2D eigenvalue weighted by Crippen LogP contribution is -2.41. The molecule has 4 heterocycles. The van der Waals surface area contributed by atoms with E-state index in [0.717, 1.165) is 29.8 Å². The summed E-state index contributed by atoms with van der Waals surface area (Å²) in [5, 5.41) is 5.61. The highest BCUT2D eigenvalue weighted by Gasteiger charge is 2.22. The number of Topliss-reactive ketones (excluding diaryl/α,β-unsaturated/α-hetero) is 1. The molecule has 0 amide bonds. The zero-order valence-corrected chi connectivity index (χ0v) is 18.8. The molecular formula is C19H17N5O3S3. The van der Waals surface area contributed by atoms with E-state index in [0.29, 0.717) is 10.9 Å². The normalized spacial score (nSPS) is 11.3. The molecule has 0 aliphatic heterocycles. The van der Waals surface area contributed by atoms with Gasteiger partial charge in [-0.05, 0) is 18.4 Å². The second kappa shape index (κ2) is 7.82. The molecule has 4 aromatic rings. The van der Waals surface area contributed by atoms with Gasteiger partial charge in [-0.3, -0.25) is 18.7 Å². The van der Waals surface area contributed by atoms with Crippen LogP contribution in [0.5, 0.6) is 0 Å². The number of nitrogens with two attached hydrogens (primary N) is 1. The maximum absolute atomic E-state index is 12.9. The van der Waals surface area contributed by atoms with Crippen LogP contribution in [0.1, 0.15) is 16.2 Å². The summed E-state index contributed by atoms with van der Waals surface area (Å²) < 4.78 is 1.98. The van der Waals surface area contributed by atoms with Gasteiger partial charge < -0.3 is 5.73 Å². The minimum absolute atomic E-state index is 0.0388. The molecule has 4 aromatic heterocycles. The number of hydrogen-bond acceptors (Lipinski definition) is 9. The number of fused-ring (bicyclic) bond motifs is 1. The van der Waals surface area contributed by atoms with Gasteiger partial charge in [-0.1, -0.05) is 17.8 Å². The van der Waals surface area contributed by atoms with Crippen molar-refractivity contribution >= 4 is 56.3 Å². The van der Waals surface area contributed by atoms with Crippen LogP contribution in [0.4, 0.5) is 5.82 Å². The summed E-state index contributed by atoms with van der Waals surface area (Å²) in [5.41, 5.74) is 5.48. The summed E-state index contributed by atoms with van der Waals surface area (Å²) in [4.78, 5) is 48.3. The molecule has 4 rings (SSSR count). The first-order chi connectivity index (χ1) is 14.3. The number of ketones is 1. The average molecular weight is 460 g/mol. The van der Waals surface area contributed by atoms with E-state index < -0.39 is 17.0 Å². The Morgan fingerprint density at radius 1 is 1.20 bits per heavy atom. The lowest BCUT2D eigenvalue weighted by molar-refractivity contribution is 0.102. The molecule has 0 spiro atoms. The van der Waals surface area contributed by atoms with Gasteiger partial charge in [0.2, 0.25) is 0 Å². The zero-order valence-electron chi connectivity index (χ0n) is 16.3. The molecule has 11 heteroatoms. The van der Waals surface area contributed by atoms with Gasteiger partial charge in [-0.15, -0.1) is 22.7 Å². The molecule has 0 aliphatic rings. The number of aryl methyl sites for hydroxylation is 1. The number of thioether (sulfide) groups is 1. The van der Waals surface area contributed by atoms with Crippen molar-refractivity contribution in [3.8, 4) is 10.4 Å². The van der Waals surface area contributed by atoms with Crippen LogP contribution in [0.25, 0.3) is 20.7 Å². The number of carbonyl (C=O) groups excluding carboxylic acids is 1. The molecule has 0 saturated heterocycles. The van der Waals surface area contributed by atoms with Crippen molar-refractivity contribution in [2.24, 2.45) is 14.1 Å². The largest absolute Gasteiger partial charge is 0.384 e. The Morgan fingerprint density at radius 2 is 1.97 bits per heavy atom. The number of hydrogen-bond donors (Lipinski definition) is 1. The van der Waals surface area contributed by atoms with Gasteiger partial charge in [-0.2, -0.15) is 0 Å². The Bertz CT molecular complexity index is 1400. The first kappa shape index (κ1) is 20.5. The molecule has 0 atom stereocenters. The fourth-order valence-electron chi connectivity index (χ4n) is 3.06. The maximum atomic E-state index is 12.9. The van der Waals surface area contributed by atoms with Crippen LogP contribution in [0.2, 0.25) is 0 Å². The Labute approximate surface area is 183 Å². The second-order valence-electron chi connectivity index (χ2n) is 6.56. The fraction of sp³-hybridized carbons (Fsp3) is 0.211. The quantitative estimate of drug-likeness (QED) is 0.277. The van der Waals surface area contributed by atoms with E-state index in [-0.39, 0.29) is 17.1 Å². The monoisotopic (exact) mass is 459 g/mol. The van der Waals surface area contributed by atoms with E-state index in [1.807, 2.05) is 22.9 Å². The van der Waals surface area contributed by atoms with E-state index in [1.165, 1.54) is 37.2 Å². The molecule has 0 fully saturated rings. The number of carbonyl (C=O) groups is 1. The lowest BCUT2D eigenvalue weighted by atomic mass is 10.2. The first-order valence-electron chi connectivity index (χ1n) is 8.80. The number of nitrogens with zero attached hydrogens (tertiary/aromatic N) is 4. The van der Waals surface area contributed by atoms with Gasteiger partial charge in [0.25, 0.3) is 5.56 Å². The third-order valence-corrected chi connectivity index (χ3v) is 7.38. The summed E-state index contributed by atoms with van der Waals surface area (Å²) in [6.45, 7) is 1.80. The van der Waals surface area contributed by atoms with Crippen molar-refractivity contribution in [1.29, 1.82) is 0 Å². The van der Waals surface area contributed by atoms with E-state index in [1.54, 1.807) is 18.3 Å². The van der Waals surface area contributed by atoms with Gasteiger partial charge in [0.15, 0.2) is 5.78 Å². The smallest absolute Gasteiger partial charge is 0.332 e. The lowest BCUT2D eigenvalue weighted by Gasteiger charge is -2.11. The average Bonchev–Trinajstić information content (AvgIpc) is 3.38. The topological polar surface area (TPSA) is 113 Å². The minimum Gasteiger partial charge on any atom is -0.384 e. The molecule has 0 aromatic carbocycles. The molecule has 0 saturated carbocycles. The van der Waals surface area contributed by atoms with Crippen LogP contribution in [0, 0.1) is 6.92 Å². The van der Waals surface area contributed by atoms with Crippen LogP contribution in [0.3, 0.4) is 0 Å². The van der Waals surface area contributed by atoms with Gasteiger partial charge >= 0.3 is 5.69 Å². The SMILES string of the molecule is Cc1nc(SCC(=O)c2c(N)n(C)c(=O)n(C)c2=O)c2c(-c3cccs3)csc2n1.